The van der Waals surface area contributed by atoms with Gasteiger partial charge in [-0.2, -0.15) is 0 Å². The molecule has 0 aromatic heterocycles. The molecule has 0 spiro atoms. The van der Waals surface area contributed by atoms with Crippen molar-refractivity contribution in [2.45, 2.75) is 44.1 Å². The van der Waals surface area contributed by atoms with Crippen molar-refractivity contribution < 1.29 is 29.9 Å². The smallest absolute Gasteiger partial charge is 0.229 e. The summed E-state index contributed by atoms with van der Waals surface area (Å²) in [5.41, 5.74) is 0. The summed E-state index contributed by atoms with van der Waals surface area (Å²) in [6.07, 6.45) is -5.89. The van der Waals surface area contributed by atoms with Crippen LogP contribution < -0.4 is 0 Å². The number of aliphatic hydroxyl groups excluding tert-OH is 4. The van der Waals surface area contributed by atoms with Gasteiger partial charge in [0.05, 0.1) is 6.61 Å². The maximum atomic E-state index is 9.56. The minimum absolute atomic E-state index is 0.226. The summed E-state index contributed by atoms with van der Waals surface area (Å²) in [7, 11) is 0. The summed E-state index contributed by atoms with van der Waals surface area (Å²) in [4.78, 5) is 0. The lowest BCUT2D eigenvalue weighted by Gasteiger charge is -2.39. The second kappa shape index (κ2) is 5.85. The number of hydrogen-bond donors (Lipinski definition) is 4. The van der Waals surface area contributed by atoms with Gasteiger partial charge < -0.3 is 29.9 Å². The van der Waals surface area contributed by atoms with Crippen molar-refractivity contribution in [3.05, 3.63) is 0 Å². The lowest BCUT2D eigenvalue weighted by Crippen LogP contribution is -2.59. The minimum Gasteiger partial charge on any atom is -0.455 e. The van der Waals surface area contributed by atoms with E-state index < -0.39 is 37.3 Å². The number of ether oxygens (including phenoxy) is 2. The van der Waals surface area contributed by atoms with E-state index in [1.54, 1.807) is 6.92 Å². The van der Waals surface area contributed by atoms with E-state index in [9.17, 15) is 15.3 Å². The predicted octanol–water partition coefficient (Wildman–Crippen LogP) is -1.46. The second-order valence-corrected chi connectivity index (χ2v) is 4.00. The molecule has 1 aliphatic rings. The molecule has 0 radical (unpaired) electrons. The van der Waals surface area contributed by atoms with E-state index in [1.165, 1.54) is 0 Å². The molecule has 0 aliphatic carbocycles. The minimum atomic E-state index is -1.43. The molecule has 94 valence electrons. The van der Waals surface area contributed by atoms with Gasteiger partial charge in [0.1, 0.15) is 24.4 Å². The lowest BCUT2D eigenvalue weighted by atomic mass is 9.99. The van der Waals surface area contributed by atoms with Crippen LogP contribution in [0.5, 0.6) is 0 Å². The number of rotatable bonds is 3. The van der Waals surface area contributed by atoms with Crippen molar-refractivity contribution in [2.24, 2.45) is 0 Å². The summed E-state index contributed by atoms with van der Waals surface area (Å²) in [5, 5.41) is 37.6. The molecular formula is C9H16O6S. The third kappa shape index (κ3) is 2.88. The SMILES string of the molecule is CCC(=S)O[C@H]1O[C@H](CO)[C@@H](O)[C@H](O)[C@@H]1O. The molecular weight excluding hydrogens is 236 g/mol. The molecule has 1 aliphatic heterocycles. The predicted molar refractivity (Wildman–Crippen MR) is 57.7 cm³/mol. The molecule has 16 heavy (non-hydrogen) atoms. The average molecular weight is 252 g/mol. The fourth-order valence-corrected chi connectivity index (χ4v) is 1.47. The maximum Gasteiger partial charge on any atom is 0.229 e. The first-order valence-electron chi connectivity index (χ1n) is 5.01. The first kappa shape index (κ1) is 13.8. The van der Waals surface area contributed by atoms with Gasteiger partial charge in [0.15, 0.2) is 5.05 Å². The van der Waals surface area contributed by atoms with Crippen LogP contribution in [-0.2, 0) is 9.47 Å². The Kier molecular flexibility index (Phi) is 5.03. The number of hydrogen-bond acceptors (Lipinski definition) is 7. The molecule has 1 heterocycles. The standard InChI is InChI=1S/C9H16O6S/c1-2-5(16)15-9-8(13)7(12)6(11)4(3-10)14-9/h4,6-13H,2-3H2,1H3/t4-,6-,7+,8+,9-/m1/s1. The van der Waals surface area contributed by atoms with E-state index in [0.717, 1.165) is 0 Å². The molecule has 1 fully saturated rings. The molecule has 6 nitrogen and oxygen atoms in total. The molecule has 0 aromatic rings. The van der Waals surface area contributed by atoms with Crippen LogP contribution in [0.1, 0.15) is 13.3 Å². The Morgan fingerprint density at radius 3 is 2.38 bits per heavy atom. The molecule has 0 aromatic carbocycles. The van der Waals surface area contributed by atoms with Crippen LogP contribution in [0.15, 0.2) is 0 Å². The van der Waals surface area contributed by atoms with Gasteiger partial charge in [-0.25, -0.2) is 0 Å². The van der Waals surface area contributed by atoms with Gasteiger partial charge in [0, 0.05) is 6.42 Å². The Morgan fingerprint density at radius 2 is 1.88 bits per heavy atom. The first-order chi connectivity index (χ1) is 7.51. The molecule has 1 rings (SSSR count). The fraction of sp³-hybridized carbons (Fsp3) is 0.889. The normalized spacial score (nSPS) is 39.4. The molecule has 0 bridgehead atoms. The summed E-state index contributed by atoms with van der Waals surface area (Å²) >= 11 is 4.81. The van der Waals surface area contributed by atoms with E-state index in [2.05, 4.69) is 0 Å². The van der Waals surface area contributed by atoms with Crippen LogP contribution >= 0.6 is 12.2 Å². The van der Waals surface area contributed by atoms with E-state index >= 15 is 0 Å². The van der Waals surface area contributed by atoms with Crippen molar-refractivity contribution in [1.29, 1.82) is 0 Å². The highest BCUT2D eigenvalue weighted by atomic mass is 32.1. The van der Waals surface area contributed by atoms with Gasteiger partial charge in [-0.1, -0.05) is 6.92 Å². The van der Waals surface area contributed by atoms with Crippen LogP contribution in [-0.4, -0.2) is 62.8 Å². The summed E-state index contributed by atoms with van der Waals surface area (Å²) < 4.78 is 10.2. The summed E-state index contributed by atoms with van der Waals surface area (Å²) in [6, 6.07) is 0. The van der Waals surface area contributed by atoms with Crippen molar-refractivity contribution in [1.82, 2.24) is 0 Å². The first-order valence-corrected chi connectivity index (χ1v) is 5.42. The highest BCUT2D eigenvalue weighted by molar-refractivity contribution is 7.80. The highest BCUT2D eigenvalue weighted by Crippen LogP contribution is 2.22. The third-order valence-corrected chi connectivity index (χ3v) is 2.77. The number of aliphatic hydroxyl groups is 4. The zero-order chi connectivity index (χ0) is 12.3. The molecule has 4 N–H and O–H groups in total. The van der Waals surface area contributed by atoms with Gasteiger partial charge in [-0.05, 0) is 12.2 Å². The Hall–Kier alpha value is -0.310. The molecule has 5 atom stereocenters. The van der Waals surface area contributed by atoms with Gasteiger partial charge in [-0.3, -0.25) is 0 Å². The Morgan fingerprint density at radius 1 is 1.25 bits per heavy atom. The van der Waals surface area contributed by atoms with Crippen LogP contribution in [0, 0.1) is 0 Å². The van der Waals surface area contributed by atoms with Crippen LogP contribution in [0.4, 0.5) is 0 Å². The van der Waals surface area contributed by atoms with E-state index in [1.807, 2.05) is 0 Å². The topological polar surface area (TPSA) is 99.4 Å². The van der Waals surface area contributed by atoms with Crippen molar-refractivity contribution in [3.63, 3.8) is 0 Å². The van der Waals surface area contributed by atoms with Crippen molar-refractivity contribution in [2.75, 3.05) is 6.61 Å². The van der Waals surface area contributed by atoms with E-state index in [0.29, 0.717) is 6.42 Å². The summed E-state index contributed by atoms with van der Waals surface area (Å²) in [5.74, 6) is 0. The molecule has 0 unspecified atom stereocenters. The fourth-order valence-electron chi connectivity index (χ4n) is 1.38. The van der Waals surface area contributed by atoms with Gasteiger partial charge in [0.2, 0.25) is 6.29 Å². The summed E-state index contributed by atoms with van der Waals surface area (Å²) in [6.45, 7) is 1.29. The third-order valence-electron chi connectivity index (χ3n) is 2.38. The molecule has 0 saturated carbocycles. The van der Waals surface area contributed by atoms with Crippen LogP contribution in [0.25, 0.3) is 0 Å². The van der Waals surface area contributed by atoms with Crippen LogP contribution in [0.2, 0.25) is 0 Å². The zero-order valence-corrected chi connectivity index (χ0v) is 9.63. The second-order valence-electron chi connectivity index (χ2n) is 3.54. The van der Waals surface area contributed by atoms with Gasteiger partial charge in [0.25, 0.3) is 0 Å². The quantitative estimate of drug-likeness (QED) is 0.456. The Bertz CT molecular complexity index is 246. The van der Waals surface area contributed by atoms with Crippen LogP contribution in [0.3, 0.4) is 0 Å². The van der Waals surface area contributed by atoms with Gasteiger partial charge >= 0.3 is 0 Å². The van der Waals surface area contributed by atoms with Gasteiger partial charge in [-0.15, -0.1) is 0 Å². The van der Waals surface area contributed by atoms with Crippen molar-refractivity contribution >= 4 is 17.3 Å². The molecule has 7 heteroatoms. The Labute approximate surface area is 98.4 Å². The highest BCUT2D eigenvalue weighted by Gasteiger charge is 2.44. The monoisotopic (exact) mass is 252 g/mol. The molecule has 0 amide bonds. The average Bonchev–Trinajstić information content (AvgIpc) is 2.29. The van der Waals surface area contributed by atoms with E-state index in [-0.39, 0.29) is 5.05 Å². The largest absolute Gasteiger partial charge is 0.455 e. The Balaban J connectivity index is 2.67. The van der Waals surface area contributed by atoms with E-state index in [4.69, 9.17) is 26.8 Å². The lowest BCUT2D eigenvalue weighted by molar-refractivity contribution is -0.281. The van der Waals surface area contributed by atoms with Crippen molar-refractivity contribution in [3.8, 4) is 0 Å². The zero-order valence-electron chi connectivity index (χ0n) is 8.81. The maximum absolute atomic E-state index is 9.56. The number of thiocarbonyl (C=S) groups is 1. The molecule has 1 saturated heterocycles.